The lowest BCUT2D eigenvalue weighted by molar-refractivity contribution is 0.133. The summed E-state index contributed by atoms with van der Waals surface area (Å²) in [5.74, 6) is 0.806. The van der Waals surface area contributed by atoms with Crippen LogP contribution in [-0.2, 0) is 4.74 Å². The second-order valence-corrected chi connectivity index (χ2v) is 4.01. The lowest BCUT2D eigenvalue weighted by Crippen LogP contribution is -2.17. The number of hydrogen-bond acceptors (Lipinski definition) is 3. The van der Waals surface area contributed by atoms with Crippen LogP contribution in [0.1, 0.15) is 18.5 Å². The van der Waals surface area contributed by atoms with Crippen molar-refractivity contribution in [1.82, 2.24) is 0 Å². The third kappa shape index (κ3) is 3.48. The Bertz CT molecular complexity index is 317. The van der Waals surface area contributed by atoms with Crippen LogP contribution in [0.3, 0.4) is 0 Å². The predicted octanol–water partition coefficient (Wildman–Crippen LogP) is 2.49. The van der Waals surface area contributed by atoms with Crippen molar-refractivity contribution in [2.24, 2.45) is 5.73 Å². The first-order valence-electron chi connectivity index (χ1n) is 4.85. The van der Waals surface area contributed by atoms with Gasteiger partial charge in [0, 0.05) is 11.1 Å². The number of benzene rings is 1. The molecule has 0 saturated carbocycles. The van der Waals surface area contributed by atoms with E-state index in [1.165, 1.54) is 0 Å². The van der Waals surface area contributed by atoms with Gasteiger partial charge in [0.15, 0.2) is 0 Å². The predicted molar refractivity (Wildman–Crippen MR) is 64.1 cm³/mol. The molecule has 0 saturated heterocycles. The average molecular weight is 274 g/mol. The summed E-state index contributed by atoms with van der Waals surface area (Å²) in [6, 6.07) is 5.61. The Morgan fingerprint density at radius 2 is 2.20 bits per heavy atom. The van der Waals surface area contributed by atoms with Crippen molar-refractivity contribution in [3.05, 3.63) is 28.2 Å². The summed E-state index contributed by atoms with van der Waals surface area (Å²) < 4.78 is 11.4. The van der Waals surface area contributed by atoms with Gasteiger partial charge >= 0.3 is 0 Å². The number of nitrogens with two attached hydrogens (primary N) is 1. The summed E-state index contributed by atoms with van der Waals surface area (Å²) in [6.07, 6.45) is 0. The van der Waals surface area contributed by atoms with Gasteiger partial charge in [-0.05, 0) is 30.7 Å². The Labute approximate surface area is 98.7 Å². The normalized spacial score (nSPS) is 12.5. The van der Waals surface area contributed by atoms with E-state index < -0.39 is 0 Å². The molecule has 0 aliphatic rings. The number of rotatable bonds is 5. The smallest absolute Gasteiger partial charge is 0.119 e. The molecular weight excluding hydrogens is 258 g/mol. The van der Waals surface area contributed by atoms with Gasteiger partial charge < -0.3 is 15.2 Å². The van der Waals surface area contributed by atoms with Crippen LogP contribution in [0.2, 0.25) is 0 Å². The second kappa shape index (κ2) is 6.10. The highest BCUT2D eigenvalue weighted by Crippen LogP contribution is 2.26. The molecule has 4 heteroatoms. The highest BCUT2D eigenvalue weighted by Gasteiger charge is 2.10. The van der Waals surface area contributed by atoms with Crippen molar-refractivity contribution in [3.8, 4) is 5.75 Å². The Hall–Kier alpha value is -0.580. The van der Waals surface area contributed by atoms with E-state index in [4.69, 9.17) is 15.2 Å². The fourth-order valence-electron chi connectivity index (χ4n) is 1.27. The van der Waals surface area contributed by atoms with Crippen LogP contribution >= 0.6 is 15.9 Å². The number of methoxy groups -OCH3 is 1. The van der Waals surface area contributed by atoms with Crippen LogP contribution in [0, 0.1) is 0 Å². The Morgan fingerprint density at radius 3 is 2.80 bits per heavy atom. The first-order chi connectivity index (χ1) is 7.19. The molecule has 0 fully saturated rings. The molecule has 1 rings (SSSR count). The Morgan fingerprint density at radius 1 is 1.47 bits per heavy atom. The lowest BCUT2D eigenvalue weighted by atomic mass is 10.1. The van der Waals surface area contributed by atoms with Crippen molar-refractivity contribution in [2.75, 3.05) is 20.3 Å². The Balaban J connectivity index is 2.81. The SMILES string of the molecule is CCOCC(N)c1cc(OC)ccc1Br. The molecule has 0 aliphatic heterocycles. The molecule has 0 aliphatic carbocycles. The van der Waals surface area contributed by atoms with Gasteiger partial charge in [0.2, 0.25) is 0 Å². The lowest BCUT2D eigenvalue weighted by Gasteiger charge is -2.14. The maximum atomic E-state index is 5.99. The first-order valence-corrected chi connectivity index (χ1v) is 5.65. The minimum Gasteiger partial charge on any atom is -0.497 e. The summed E-state index contributed by atoms with van der Waals surface area (Å²) >= 11 is 3.46. The van der Waals surface area contributed by atoms with Gasteiger partial charge in [-0.25, -0.2) is 0 Å². The molecule has 2 N–H and O–H groups in total. The van der Waals surface area contributed by atoms with E-state index in [1.807, 2.05) is 25.1 Å². The molecule has 0 radical (unpaired) electrons. The van der Waals surface area contributed by atoms with E-state index in [0.29, 0.717) is 13.2 Å². The van der Waals surface area contributed by atoms with Crippen LogP contribution < -0.4 is 10.5 Å². The maximum Gasteiger partial charge on any atom is 0.119 e. The van der Waals surface area contributed by atoms with Gasteiger partial charge in [-0.3, -0.25) is 0 Å². The van der Waals surface area contributed by atoms with E-state index in [2.05, 4.69) is 15.9 Å². The summed E-state index contributed by atoms with van der Waals surface area (Å²) in [5.41, 5.74) is 7.00. The first kappa shape index (κ1) is 12.5. The minimum atomic E-state index is -0.130. The van der Waals surface area contributed by atoms with Gasteiger partial charge in [0.25, 0.3) is 0 Å². The molecule has 1 unspecified atom stereocenters. The van der Waals surface area contributed by atoms with Crippen molar-refractivity contribution >= 4 is 15.9 Å². The third-order valence-corrected chi connectivity index (χ3v) is 2.83. The average Bonchev–Trinajstić information content (AvgIpc) is 2.26. The molecule has 1 aromatic rings. The number of halogens is 1. The number of hydrogen-bond donors (Lipinski definition) is 1. The molecule has 0 amide bonds. The molecule has 84 valence electrons. The van der Waals surface area contributed by atoms with Gasteiger partial charge in [0.05, 0.1) is 19.8 Å². The fourth-order valence-corrected chi connectivity index (χ4v) is 1.81. The topological polar surface area (TPSA) is 44.5 Å². The van der Waals surface area contributed by atoms with E-state index in [-0.39, 0.29) is 6.04 Å². The van der Waals surface area contributed by atoms with Crippen molar-refractivity contribution in [3.63, 3.8) is 0 Å². The van der Waals surface area contributed by atoms with Crippen LogP contribution in [0.5, 0.6) is 5.75 Å². The van der Waals surface area contributed by atoms with Crippen LogP contribution in [0.15, 0.2) is 22.7 Å². The van der Waals surface area contributed by atoms with Gasteiger partial charge in [-0.15, -0.1) is 0 Å². The summed E-state index contributed by atoms with van der Waals surface area (Å²) in [4.78, 5) is 0. The quantitative estimate of drug-likeness (QED) is 0.897. The van der Waals surface area contributed by atoms with Crippen molar-refractivity contribution in [2.45, 2.75) is 13.0 Å². The highest BCUT2D eigenvalue weighted by atomic mass is 79.9. The van der Waals surface area contributed by atoms with Crippen molar-refractivity contribution in [1.29, 1.82) is 0 Å². The van der Waals surface area contributed by atoms with Crippen LogP contribution in [0.4, 0.5) is 0 Å². The molecule has 0 bridgehead atoms. The largest absolute Gasteiger partial charge is 0.497 e. The summed E-state index contributed by atoms with van der Waals surface area (Å²) in [7, 11) is 1.64. The van der Waals surface area contributed by atoms with Gasteiger partial charge in [0.1, 0.15) is 5.75 Å². The third-order valence-electron chi connectivity index (χ3n) is 2.10. The highest BCUT2D eigenvalue weighted by molar-refractivity contribution is 9.10. The fraction of sp³-hybridized carbons (Fsp3) is 0.455. The van der Waals surface area contributed by atoms with Crippen LogP contribution in [-0.4, -0.2) is 20.3 Å². The molecular formula is C11H16BrNO2. The molecule has 0 aromatic heterocycles. The molecule has 15 heavy (non-hydrogen) atoms. The zero-order valence-corrected chi connectivity index (χ0v) is 10.6. The molecule has 3 nitrogen and oxygen atoms in total. The minimum absolute atomic E-state index is 0.130. The van der Waals surface area contributed by atoms with E-state index in [9.17, 15) is 0 Å². The van der Waals surface area contributed by atoms with Gasteiger partial charge in [-0.2, -0.15) is 0 Å². The zero-order chi connectivity index (χ0) is 11.3. The number of ether oxygens (including phenoxy) is 2. The summed E-state index contributed by atoms with van der Waals surface area (Å²) in [6.45, 7) is 3.14. The monoisotopic (exact) mass is 273 g/mol. The van der Waals surface area contributed by atoms with E-state index in [0.717, 1.165) is 15.8 Å². The van der Waals surface area contributed by atoms with Crippen molar-refractivity contribution < 1.29 is 9.47 Å². The molecule has 1 aromatic carbocycles. The van der Waals surface area contributed by atoms with Gasteiger partial charge in [-0.1, -0.05) is 15.9 Å². The molecule has 1 atom stereocenters. The zero-order valence-electron chi connectivity index (χ0n) is 9.00. The van der Waals surface area contributed by atoms with E-state index >= 15 is 0 Å². The summed E-state index contributed by atoms with van der Waals surface area (Å²) in [5, 5.41) is 0. The van der Waals surface area contributed by atoms with E-state index in [1.54, 1.807) is 7.11 Å². The molecule has 0 heterocycles. The maximum absolute atomic E-state index is 5.99. The second-order valence-electron chi connectivity index (χ2n) is 3.15. The standard InChI is InChI=1S/C11H16BrNO2/c1-3-15-7-11(13)9-6-8(14-2)4-5-10(9)12/h4-6,11H,3,7,13H2,1-2H3. The van der Waals surface area contributed by atoms with Crippen LogP contribution in [0.25, 0.3) is 0 Å². The Kier molecular flexibility index (Phi) is 5.08. The molecule has 0 spiro atoms.